The van der Waals surface area contributed by atoms with Gasteiger partial charge >= 0.3 is 0 Å². The fraction of sp³-hybridized carbons (Fsp3) is 0.300. The van der Waals surface area contributed by atoms with Gasteiger partial charge in [0, 0.05) is 5.39 Å². The predicted octanol–water partition coefficient (Wildman–Crippen LogP) is 3.54. The molecule has 1 atom stereocenters. The number of nitrogens with zero attached hydrogens (tertiary/aromatic N) is 2. The first-order chi connectivity index (χ1) is 11.7. The standard InChI is InChI=1S/C20H21N3O/c1-14-16-9-4-5-12-19(16)23(22-14)13-20(24)21-18-11-6-8-15-7-2-3-10-17(15)18/h2-5,7,9-10,12,18H,6,8,11,13H2,1H3,(H,21,24)/t18-/m1/s1. The number of hydrogen-bond acceptors (Lipinski definition) is 2. The summed E-state index contributed by atoms with van der Waals surface area (Å²) in [5.41, 5.74) is 4.59. The molecule has 0 spiro atoms. The molecule has 4 heteroatoms. The third-order valence-electron chi connectivity index (χ3n) is 4.84. The van der Waals surface area contributed by atoms with E-state index >= 15 is 0 Å². The second-order valence-corrected chi connectivity index (χ2v) is 6.47. The molecule has 0 fully saturated rings. The van der Waals surface area contributed by atoms with Crippen LogP contribution in [0.1, 0.15) is 35.7 Å². The van der Waals surface area contributed by atoms with Crippen molar-refractivity contribution in [1.82, 2.24) is 15.1 Å². The molecule has 0 bridgehead atoms. The Bertz CT molecular complexity index is 897. The van der Waals surface area contributed by atoms with Crippen LogP contribution in [0.3, 0.4) is 0 Å². The fourth-order valence-electron chi connectivity index (χ4n) is 3.69. The molecule has 3 aromatic rings. The van der Waals surface area contributed by atoms with E-state index < -0.39 is 0 Å². The number of nitrogens with one attached hydrogen (secondary N) is 1. The molecule has 1 aliphatic rings. The van der Waals surface area contributed by atoms with Gasteiger partial charge < -0.3 is 5.32 Å². The van der Waals surface area contributed by atoms with Gasteiger partial charge in [0.1, 0.15) is 6.54 Å². The summed E-state index contributed by atoms with van der Waals surface area (Å²) in [5, 5.41) is 8.83. The van der Waals surface area contributed by atoms with Crippen LogP contribution in [-0.2, 0) is 17.8 Å². The molecule has 1 N–H and O–H groups in total. The molecule has 0 radical (unpaired) electrons. The van der Waals surface area contributed by atoms with E-state index in [1.54, 1.807) is 4.68 Å². The maximum atomic E-state index is 12.6. The van der Waals surface area contributed by atoms with Gasteiger partial charge in [0.25, 0.3) is 0 Å². The number of para-hydroxylation sites is 1. The average molecular weight is 319 g/mol. The Morgan fingerprint density at radius 2 is 2.00 bits per heavy atom. The van der Waals surface area contributed by atoms with E-state index in [-0.39, 0.29) is 18.5 Å². The number of amides is 1. The quantitative estimate of drug-likeness (QED) is 0.802. The topological polar surface area (TPSA) is 46.9 Å². The van der Waals surface area contributed by atoms with Crippen LogP contribution in [0, 0.1) is 6.92 Å². The number of benzene rings is 2. The molecule has 0 saturated carbocycles. The number of aromatic nitrogens is 2. The van der Waals surface area contributed by atoms with Gasteiger partial charge in [-0.25, -0.2) is 0 Å². The highest BCUT2D eigenvalue weighted by Crippen LogP contribution is 2.29. The summed E-state index contributed by atoms with van der Waals surface area (Å²) in [6, 6.07) is 16.6. The first-order valence-corrected chi connectivity index (χ1v) is 8.51. The van der Waals surface area contributed by atoms with E-state index in [2.05, 4.69) is 28.6 Å². The molecular formula is C20H21N3O. The maximum Gasteiger partial charge on any atom is 0.242 e. The van der Waals surface area contributed by atoms with Crippen molar-refractivity contribution in [3.05, 3.63) is 65.4 Å². The van der Waals surface area contributed by atoms with Gasteiger partial charge in [-0.15, -0.1) is 0 Å². The van der Waals surface area contributed by atoms with Crippen LogP contribution in [-0.4, -0.2) is 15.7 Å². The van der Waals surface area contributed by atoms with Gasteiger partial charge in [-0.3, -0.25) is 9.48 Å². The fourth-order valence-corrected chi connectivity index (χ4v) is 3.69. The minimum absolute atomic E-state index is 0.0185. The van der Waals surface area contributed by atoms with E-state index in [0.717, 1.165) is 35.9 Å². The molecule has 2 aromatic carbocycles. The van der Waals surface area contributed by atoms with E-state index in [0.29, 0.717) is 0 Å². The lowest BCUT2D eigenvalue weighted by Gasteiger charge is -2.26. The molecule has 1 aromatic heterocycles. The molecule has 4 rings (SSSR count). The highest BCUT2D eigenvalue weighted by atomic mass is 16.2. The molecule has 4 nitrogen and oxygen atoms in total. The van der Waals surface area contributed by atoms with Crippen molar-refractivity contribution in [3.63, 3.8) is 0 Å². The van der Waals surface area contributed by atoms with Gasteiger partial charge in [0.05, 0.1) is 17.3 Å². The maximum absolute atomic E-state index is 12.6. The summed E-state index contributed by atoms with van der Waals surface area (Å²) in [5.74, 6) is 0.0185. The van der Waals surface area contributed by atoms with Crippen LogP contribution in [0.5, 0.6) is 0 Å². The predicted molar refractivity (Wildman–Crippen MR) is 94.7 cm³/mol. The monoisotopic (exact) mass is 319 g/mol. The molecule has 0 unspecified atom stereocenters. The van der Waals surface area contributed by atoms with Crippen molar-refractivity contribution >= 4 is 16.8 Å². The largest absolute Gasteiger partial charge is 0.348 e. The van der Waals surface area contributed by atoms with E-state index in [9.17, 15) is 4.79 Å². The molecule has 24 heavy (non-hydrogen) atoms. The number of fused-ring (bicyclic) bond motifs is 2. The summed E-state index contributed by atoms with van der Waals surface area (Å²) in [7, 11) is 0. The zero-order chi connectivity index (χ0) is 16.5. The van der Waals surface area contributed by atoms with Crippen molar-refractivity contribution in [2.75, 3.05) is 0 Å². The zero-order valence-corrected chi connectivity index (χ0v) is 13.8. The molecule has 1 heterocycles. The number of rotatable bonds is 3. The minimum atomic E-state index is 0.0185. The van der Waals surface area contributed by atoms with Gasteiger partial charge in [-0.1, -0.05) is 42.5 Å². The van der Waals surface area contributed by atoms with Crippen LogP contribution >= 0.6 is 0 Å². The van der Waals surface area contributed by atoms with E-state index in [1.165, 1.54) is 11.1 Å². The second kappa shape index (κ2) is 6.11. The molecule has 1 amide bonds. The molecule has 122 valence electrons. The Labute approximate surface area is 141 Å². The zero-order valence-electron chi connectivity index (χ0n) is 13.8. The molecule has 1 aliphatic carbocycles. The van der Waals surface area contributed by atoms with Crippen molar-refractivity contribution < 1.29 is 4.79 Å². The van der Waals surface area contributed by atoms with Crippen molar-refractivity contribution in [2.24, 2.45) is 0 Å². The lowest BCUT2D eigenvalue weighted by molar-refractivity contribution is -0.122. The summed E-state index contributed by atoms with van der Waals surface area (Å²) < 4.78 is 1.80. The third-order valence-corrected chi connectivity index (χ3v) is 4.84. The smallest absolute Gasteiger partial charge is 0.242 e. The van der Waals surface area contributed by atoms with E-state index in [4.69, 9.17) is 0 Å². The van der Waals surface area contributed by atoms with Gasteiger partial charge in [-0.05, 0) is 43.4 Å². The van der Waals surface area contributed by atoms with Crippen LogP contribution < -0.4 is 5.32 Å². The summed E-state index contributed by atoms with van der Waals surface area (Å²) in [6.45, 7) is 2.24. The highest BCUT2D eigenvalue weighted by Gasteiger charge is 2.21. The van der Waals surface area contributed by atoms with Crippen molar-refractivity contribution in [3.8, 4) is 0 Å². The lowest BCUT2D eigenvalue weighted by Crippen LogP contribution is -2.33. The summed E-state index contributed by atoms with van der Waals surface area (Å²) in [6.07, 6.45) is 3.22. The Kier molecular flexibility index (Phi) is 3.81. The van der Waals surface area contributed by atoms with Crippen LogP contribution in [0.25, 0.3) is 10.9 Å². The number of carbonyl (C=O) groups excluding carboxylic acids is 1. The number of aryl methyl sites for hydroxylation is 2. The Morgan fingerprint density at radius 1 is 1.21 bits per heavy atom. The Morgan fingerprint density at radius 3 is 2.92 bits per heavy atom. The third kappa shape index (κ3) is 2.68. The van der Waals surface area contributed by atoms with Gasteiger partial charge in [0.2, 0.25) is 5.91 Å². The van der Waals surface area contributed by atoms with Crippen LogP contribution in [0.2, 0.25) is 0 Å². The normalized spacial score (nSPS) is 16.8. The highest BCUT2D eigenvalue weighted by molar-refractivity contribution is 5.84. The Balaban J connectivity index is 1.53. The lowest BCUT2D eigenvalue weighted by atomic mass is 9.88. The van der Waals surface area contributed by atoms with Gasteiger partial charge in [-0.2, -0.15) is 5.10 Å². The van der Waals surface area contributed by atoms with Crippen molar-refractivity contribution in [1.29, 1.82) is 0 Å². The SMILES string of the molecule is Cc1nn(CC(=O)N[C@@H]2CCCc3ccccc32)c2ccccc12. The summed E-state index contributed by atoms with van der Waals surface area (Å²) >= 11 is 0. The average Bonchev–Trinajstić information content (AvgIpc) is 2.91. The van der Waals surface area contributed by atoms with Crippen LogP contribution in [0.4, 0.5) is 0 Å². The Hall–Kier alpha value is -2.62. The summed E-state index contributed by atoms with van der Waals surface area (Å²) in [4.78, 5) is 12.6. The number of carbonyl (C=O) groups is 1. The van der Waals surface area contributed by atoms with Crippen LogP contribution in [0.15, 0.2) is 48.5 Å². The number of hydrogen-bond donors (Lipinski definition) is 1. The first kappa shape index (κ1) is 14.9. The van der Waals surface area contributed by atoms with E-state index in [1.807, 2.05) is 37.3 Å². The minimum Gasteiger partial charge on any atom is -0.348 e. The molecule has 0 saturated heterocycles. The van der Waals surface area contributed by atoms with Gasteiger partial charge in [0.15, 0.2) is 0 Å². The first-order valence-electron chi connectivity index (χ1n) is 8.51. The molecular weight excluding hydrogens is 298 g/mol. The molecule has 0 aliphatic heterocycles. The second-order valence-electron chi connectivity index (χ2n) is 6.47. The van der Waals surface area contributed by atoms with Crippen molar-refractivity contribution in [2.45, 2.75) is 38.8 Å².